The van der Waals surface area contributed by atoms with Gasteiger partial charge in [-0.15, -0.1) is 0 Å². The van der Waals surface area contributed by atoms with Gasteiger partial charge in [-0.2, -0.15) is 45.7 Å². The Morgan fingerprint density at radius 2 is 0.521 bits per heavy atom. The summed E-state index contributed by atoms with van der Waals surface area (Å²) in [5, 5.41) is 0. The summed E-state index contributed by atoms with van der Waals surface area (Å²) >= 11 is 0. The Hall–Kier alpha value is -12.4. The highest BCUT2D eigenvalue weighted by molar-refractivity contribution is 5.70. The molecule has 592 valence electrons. The SMILES string of the molecule is Cc1ccc(-c2c(C)cc(C)c(-c3cccc[n+]3C)[n+]2C)c(C)c1.Cc1ccc(-c2cccc(-c3cc(C)c(C)c[n+]3C)[n+]2C)c(C)c1.[2H]C([2H])([2H])c1ccc(-c2cc(C)cc(-c3cccc[n+]3C)[n+]2C)c(C)c1.[2H]C([2H])([2H])c1ccc(-c2cccc(-c3cc(C([2H])([2H])[2H])cc[n+]3C)[n+]2C)c(C)c1.[2H]C([2H])([2H])c1ccc(-c2cccc(-c3ccc(C)c[n+]3C)[n+]2C)c(C)c1. The molecule has 0 bridgehead atoms. The van der Waals surface area contributed by atoms with Crippen molar-refractivity contribution in [1.29, 1.82) is 0 Å². The van der Waals surface area contributed by atoms with Gasteiger partial charge in [-0.25, -0.2) is 0 Å². The standard InChI is InChI=1S/2C22H26N2.3C21H24N2/c1-15-10-11-19(17(3)12-15)20-8-7-9-21(24(20)6)22-13-16(2)18(4)14-23(22)5;1-15-10-11-19(16(2)13-15)21-17(3)14-18(4)22(24(21)6)20-9-7-8-12-23(20)5;1-15-9-11-18(17(3)13-15)19-7-6-8-21(23(19)5)20-12-10-16(2)14-22(20)4;1-15-9-10-18(17(3)13-15)19-7-6-8-20(23(19)5)21-14-16(2)11-12-22(21)4;1-15-9-10-18(17(3)12-15)20-13-16(2)14-21(23(20)5)19-8-6-7-11-22(19)4/h2*7-14H,1-6H3;3*6-14H,1-5H3/q5*+2/i;;1D3;1D3,2D3;1D3. The third-order valence-corrected chi connectivity index (χ3v) is 22.4. The van der Waals surface area contributed by atoms with Gasteiger partial charge in [0.05, 0.1) is 0 Å². The Morgan fingerprint density at radius 3 is 0.983 bits per heavy atom. The number of benzene rings is 5. The van der Waals surface area contributed by atoms with Gasteiger partial charge in [0.25, 0.3) is 56.9 Å². The Bertz CT molecular complexity index is 6740. The van der Waals surface area contributed by atoms with Crippen LogP contribution in [0.1, 0.15) is 111 Å². The minimum Gasteiger partial charge on any atom is -0.196 e. The van der Waals surface area contributed by atoms with Gasteiger partial charge in [0.1, 0.15) is 70.5 Å². The van der Waals surface area contributed by atoms with E-state index in [1.807, 2.05) is 133 Å². The molecule has 0 unspecified atom stereocenters. The highest BCUT2D eigenvalue weighted by Crippen LogP contribution is 2.32. The van der Waals surface area contributed by atoms with Crippen LogP contribution in [0.25, 0.3) is 113 Å². The molecule has 0 radical (unpaired) electrons. The summed E-state index contributed by atoms with van der Waals surface area (Å²) in [4.78, 5) is 0. The Kier molecular flexibility index (Phi) is 22.2. The maximum atomic E-state index is 7.70. The number of rotatable bonds is 10. The first-order valence-electron chi connectivity index (χ1n) is 45.9. The molecule has 0 aliphatic rings. The van der Waals surface area contributed by atoms with E-state index in [4.69, 9.17) is 16.4 Å². The summed E-state index contributed by atoms with van der Waals surface area (Å²) in [5.41, 5.74) is 39.2. The molecule has 5 aromatic carbocycles. The van der Waals surface area contributed by atoms with Crippen LogP contribution >= 0.6 is 0 Å². The molecule has 0 saturated heterocycles. The molecule has 15 rings (SSSR count). The van der Waals surface area contributed by atoms with Crippen molar-refractivity contribution in [3.8, 4) is 113 Å². The van der Waals surface area contributed by atoms with Crippen molar-refractivity contribution in [2.24, 2.45) is 70.5 Å². The third kappa shape index (κ3) is 19.4. The summed E-state index contributed by atoms with van der Waals surface area (Å²) in [5.74, 6) is 0. The van der Waals surface area contributed by atoms with Crippen LogP contribution in [0.5, 0.6) is 0 Å². The van der Waals surface area contributed by atoms with Gasteiger partial charge in [-0.1, -0.05) is 88.5 Å². The maximum Gasteiger partial charge on any atom is 0.280 e. The molecule has 15 aromatic rings. The molecule has 0 aliphatic heterocycles. The predicted molar refractivity (Wildman–Crippen MR) is 479 cm³/mol. The van der Waals surface area contributed by atoms with Crippen LogP contribution in [0, 0.1) is 117 Å². The number of nitrogens with zero attached hydrogens (tertiary/aromatic N) is 10. The minimum absolute atomic E-state index is 0.286. The smallest absolute Gasteiger partial charge is 0.196 e. The number of pyridine rings is 10. The molecule has 10 aromatic heterocycles. The topological polar surface area (TPSA) is 38.8 Å². The first-order valence-corrected chi connectivity index (χ1v) is 39.9. The fraction of sp³-hybridized carbons (Fsp3) is 0.252. The van der Waals surface area contributed by atoms with E-state index in [2.05, 4.69) is 280 Å². The van der Waals surface area contributed by atoms with Crippen molar-refractivity contribution in [3.05, 3.63) is 356 Å². The first kappa shape index (κ1) is 70.0. The van der Waals surface area contributed by atoms with E-state index < -0.39 is 27.4 Å². The molecule has 0 amide bonds. The molecule has 117 heavy (non-hydrogen) atoms. The van der Waals surface area contributed by atoms with E-state index in [9.17, 15) is 0 Å². The number of aromatic nitrogens is 10. The van der Waals surface area contributed by atoms with Crippen LogP contribution in [0.4, 0.5) is 0 Å². The lowest BCUT2D eigenvalue weighted by atomic mass is 9.97. The molecule has 0 fully saturated rings. The summed E-state index contributed by atoms with van der Waals surface area (Å²) < 4.78 is 113. The summed E-state index contributed by atoms with van der Waals surface area (Å²) in [7, 11) is 20.5. The lowest BCUT2D eigenvalue weighted by Crippen LogP contribution is -2.41. The number of hydrogen-bond donors (Lipinski definition) is 0. The van der Waals surface area contributed by atoms with Gasteiger partial charge in [-0.05, 0) is 235 Å². The van der Waals surface area contributed by atoms with Gasteiger partial charge >= 0.3 is 0 Å². The summed E-state index contributed by atoms with van der Waals surface area (Å²) in [6.07, 6.45) is 10.2. The zero-order valence-corrected chi connectivity index (χ0v) is 72.8. The summed E-state index contributed by atoms with van der Waals surface area (Å²) in [6.45, 7) is 18.9. The van der Waals surface area contributed by atoms with Crippen molar-refractivity contribution in [3.63, 3.8) is 0 Å². The maximum absolute atomic E-state index is 7.70. The quantitative estimate of drug-likeness (QED) is 0.122. The van der Waals surface area contributed by atoms with Crippen LogP contribution in [0.2, 0.25) is 0 Å². The Labute approximate surface area is 715 Å². The van der Waals surface area contributed by atoms with Gasteiger partial charge in [0.2, 0.25) is 28.5 Å². The molecule has 10 heteroatoms. The third-order valence-electron chi connectivity index (χ3n) is 22.4. The second-order valence-electron chi connectivity index (χ2n) is 31.6. The minimum atomic E-state index is -2.18. The molecule has 10 heterocycles. The largest absolute Gasteiger partial charge is 0.280 e. The van der Waals surface area contributed by atoms with Crippen LogP contribution in [-0.4, -0.2) is 0 Å². The van der Waals surface area contributed by atoms with Crippen LogP contribution in [0.15, 0.2) is 262 Å². The highest BCUT2D eigenvalue weighted by Gasteiger charge is 2.31. The normalized spacial score (nSPS) is 12.8. The van der Waals surface area contributed by atoms with Crippen LogP contribution in [-0.2, 0) is 70.5 Å². The average molecular weight is 1560 g/mol. The first-order chi connectivity index (χ1) is 60.5. The lowest BCUT2D eigenvalue weighted by molar-refractivity contribution is -0.685. The van der Waals surface area contributed by atoms with E-state index in [1.54, 1.807) is 54.7 Å². The number of aryl methyl sites for hydroxylation is 22. The zero-order valence-electron chi connectivity index (χ0n) is 84.8. The molecular weight excluding hydrogens is 1430 g/mol. The van der Waals surface area contributed by atoms with Gasteiger partial charge < -0.3 is 0 Å². The van der Waals surface area contributed by atoms with Crippen molar-refractivity contribution >= 4 is 0 Å². The van der Waals surface area contributed by atoms with Crippen molar-refractivity contribution in [1.82, 2.24) is 0 Å². The molecule has 0 N–H and O–H groups in total. The monoisotopic (exact) mass is 1560 g/mol. The average Bonchev–Trinajstić information content (AvgIpc) is 0.871. The molecule has 0 spiro atoms. The summed E-state index contributed by atoms with van der Waals surface area (Å²) in [6, 6.07) is 76.8. The molecular formula is C107H124N10+10. The van der Waals surface area contributed by atoms with Crippen LogP contribution < -0.4 is 45.7 Å². The second kappa shape index (κ2) is 37.0. The van der Waals surface area contributed by atoms with Crippen LogP contribution in [0.3, 0.4) is 0 Å². The van der Waals surface area contributed by atoms with Crippen molar-refractivity contribution in [2.75, 3.05) is 0 Å². The van der Waals surface area contributed by atoms with E-state index in [1.165, 1.54) is 95.4 Å². The van der Waals surface area contributed by atoms with E-state index in [0.717, 1.165) is 90.2 Å². The molecule has 0 atom stereocenters. The Balaban J connectivity index is 0.000000156. The van der Waals surface area contributed by atoms with Gasteiger partial charge in [0.15, 0.2) is 31.0 Å². The second-order valence-corrected chi connectivity index (χ2v) is 31.6. The Morgan fingerprint density at radius 1 is 0.179 bits per heavy atom. The highest BCUT2D eigenvalue weighted by atomic mass is 15.0. The fourth-order valence-corrected chi connectivity index (χ4v) is 16.1. The van der Waals surface area contributed by atoms with E-state index >= 15 is 0 Å². The van der Waals surface area contributed by atoms with Crippen molar-refractivity contribution < 1.29 is 62.1 Å². The van der Waals surface area contributed by atoms with Gasteiger partial charge in [0, 0.05) is 164 Å². The fourth-order valence-electron chi connectivity index (χ4n) is 16.1. The zero-order chi connectivity index (χ0) is 94.5. The lowest BCUT2D eigenvalue weighted by Gasteiger charge is -2.12. The predicted octanol–water partition coefficient (Wildman–Crippen LogP) is 18.6. The molecule has 0 aliphatic carbocycles. The molecule has 0 saturated carbocycles. The van der Waals surface area contributed by atoms with Gasteiger partial charge in [-0.3, -0.25) is 0 Å². The van der Waals surface area contributed by atoms with E-state index in [0.29, 0.717) is 16.7 Å². The molecule has 10 nitrogen and oxygen atoms in total. The number of hydrogen-bond acceptors (Lipinski definition) is 0. The van der Waals surface area contributed by atoms with Crippen molar-refractivity contribution in [2.45, 2.75) is 117 Å². The van der Waals surface area contributed by atoms with E-state index in [-0.39, 0.29) is 5.56 Å².